The Balaban J connectivity index is 0.000000175. The molecular weight excluding hydrogens is 1030 g/mol. The molecule has 0 spiro atoms. The third-order valence-corrected chi connectivity index (χ3v) is 17.6. The summed E-state index contributed by atoms with van der Waals surface area (Å²) in [6.07, 6.45) is 6.10. The van der Waals surface area contributed by atoms with Crippen LogP contribution < -0.4 is 16.9 Å². The van der Waals surface area contributed by atoms with Crippen LogP contribution in [0, 0.1) is 40.8 Å². The van der Waals surface area contributed by atoms with E-state index in [-0.39, 0.29) is 20.5 Å². The lowest BCUT2D eigenvalue weighted by Gasteiger charge is -2.32. The molecule has 1 saturated heterocycles. The molecule has 0 saturated carbocycles. The molecule has 14 nitrogen and oxygen atoms in total. The van der Waals surface area contributed by atoms with Crippen molar-refractivity contribution in [1.29, 1.82) is 0 Å². The van der Waals surface area contributed by atoms with Gasteiger partial charge in [-0.25, -0.2) is 34.5 Å². The monoisotopic (exact) mass is 1080 g/mol. The fourth-order valence-corrected chi connectivity index (χ4v) is 11.8. The van der Waals surface area contributed by atoms with Gasteiger partial charge in [-0.3, -0.25) is 9.97 Å². The van der Waals surface area contributed by atoms with E-state index in [4.69, 9.17) is 57.1 Å². The summed E-state index contributed by atoms with van der Waals surface area (Å²) in [6, 6.07) is 23.5. The van der Waals surface area contributed by atoms with E-state index < -0.39 is 38.4 Å². The van der Waals surface area contributed by atoms with Crippen LogP contribution in [0.2, 0.25) is 10.0 Å². The maximum absolute atomic E-state index is 13.6. The Morgan fingerprint density at radius 2 is 1.07 bits per heavy atom. The van der Waals surface area contributed by atoms with Crippen molar-refractivity contribution in [3.05, 3.63) is 170 Å². The Labute approximate surface area is 426 Å². The lowest BCUT2D eigenvalue weighted by Crippen LogP contribution is -2.41. The van der Waals surface area contributed by atoms with Crippen molar-refractivity contribution in [1.82, 2.24) is 17.9 Å². The van der Waals surface area contributed by atoms with Crippen LogP contribution >= 0.6 is 39.1 Å². The van der Waals surface area contributed by atoms with Gasteiger partial charge in [-0.05, 0) is 142 Å². The SMILES string of the molecule is Nc1cncc(Br)c1Cl.[C-]#[N+]c1cc2c(-c3cncc(N)c3Cl)c(C)n(S(=O)(=O)c3ccccc3)c2cc1C.[C-]#[N+]c1cc2c(B3OC(C)(C)C(C)(C)O3)c(C)n(S(=O)(=O)c3ccccc3)c2cc1C. The quantitative estimate of drug-likeness (QED) is 0.120. The first-order valence-corrected chi connectivity index (χ1v) is 25.8. The van der Waals surface area contributed by atoms with E-state index in [2.05, 4.69) is 35.6 Å². The molecule has 0 aliphatic carbocycles. The molecule has 4 aromatic heterocycles. The van der Waals surface area contributed by atoms with Gasteiger partial charge in [-0.15, -0.1) is 0 Å². The van der Waals surface area contributed by atoms with Crippen LogP contribution in [0.3, 0.4) is 0 Å². The van der Waals surface area contributed by atoms with Gasteiger partial charge in [-0.1, -0.05) is 59.6 Å². The van der Waals surface area contributed by atoms with Gasteiger partial charge in [0.25, 0.3) is 20.0 Å². The third kappa shape index (κ3) is 9.29. The molecule has 5 heterocycles. The number of aromatic nitrogens is 4. The van der Waals surface area contributed by atoms with Gasteiger partial charge in [0.2, 0.25) is 0 Å². The van der Waals surface area contributed by atoms with Crippen LogP contribution in [-0.4, -0.2) is 53.1 Å². The first-order valence-electron chi connectivity index (χ1n) is 21.4. The zero-order valence-corrected chi connectivity index (χ0v) is 43.9. The fraction of sp³-hybridized carbons (Fsp3) is 0.200. The largest absolute Gasteiger partial charge is 0.497 e. The van der Waals surface area contributed by atoms with Crippen LogP contribution in [0.4, 0.5) is 22.7 Å². The number of anilines is 2. The molecule has 0 bridgehead atoms. The maximum Gasteiger partial charge on any atom is 0.497 e. The second-order valence-electron chi connectivity index (χ2n) is 17.4. The Morgan fingerprint density at radius 1 is 0.643 bits per heavy atom. The highest BCUT2D eigenvalue weighted by molar-refractivity contribution is 9.10. The summed E-state index contributed by atoms with van der Waals surface area (Å²) in [6.45, 7) is 29.9. The van der Waals surface area contributed by atoms with Crippen LogP contribution in [0.5, 0.6) is 0 Å². The Bertz CT molecular complexity index is 3650. The molecule has 20 heteroatoms. The normalized spacial score (nSPS) is 14.0. The van der Waals surface area contributed by atoms with Gasteiger partial charge in [0.05, 0.1) is 83.5 Å². The number of benzene rings is 4. The number of halogens is 3. The molecule has 1 aliphatic heterocycles. The minimum absolute atomic E-state index is 0.167. The average Bonchev–Trinajstić information content (AvgIpc) is 3.85. The number of aryl methyl sites for hydroxylation is 2. The zero-order valence-electron chi connectivity index (χ0n) is 39.2. The summed E-state index contributed by atoms with van der Waals surface area (Å²) in [4.78, 5) is 15.5. The zero-order chi connectivity index (χ0) is 51.2. The third-order valence-electron chi connectivity index (χ3n) is 12.3. The summed E-state index contributed by atoms with van der Waals surface area (Å²) >= 11 is 15.3. The number of pyridine rings is 2. The maximum atomic E-state index is 13.6. The van der Waals surface area contributed by atoms with Gasteiger partial charge in [-0.2, -0.15) is 0 Å². The molecular formula is C50H46BBrCl2N8O6S2. The lowest BCUT2D eigenvalue weighted by molar-refractivity contribution is 0.00578. The van der Waals surface area contributed by atoms with Crippen molar-refractivity contribution in [2.24, 2.45) is 0 Å². The second-order valence-corrected chi connectivity index (χ2v) is 22.5. The summed E-state index contributed by atoms with van der Waals surface area (Å²) < 4.78 is 70.3. The Morgan fingerprint density at radius 3 is 1.53 bits per heavy atom. The highest BCUT2D eigenvalue weighted by Crippen LogP contribution is 2.44. The van der Waals surface area contributed by atoms with Crippen LogP contribution in [0.1, 0.15) is 50.2 Å². The van der Waals surface area contributed by atoms with E-state index in [9.17, 15) is 16.8 Å². The predicted molar refractivity (Wildman–Crippen MR) is 283 cm³/mol. The van der Waals surface area contributed by atoms with Crippen molar-refractivity contribution < 1.29 is 26.1 Å². The summed E-state index contributed by atoms with van der Waals surface area (Å²) in [5.74, 6) is 0. The summed E-state index contributed by atoms with van der Waals surface area (Å²) in [5.41, 5.74) is 17.0. The van der Waals surface area contributed by atoms with Crippen LogP contribution in [0.15, 0.2) is 124 Å². The molecule has 70 heavy (non-hydrogen) atoms. The van der Waals surface area contributed by atoms with E-state index in [1.807, 2.05) is 34.6 Å². The molecule has 358 valence electrons. The number of nitrogen functional groups attached to an aromatic ring is 2. The number of fused-ring (bicyclic) bond motifs is 2. The van der Waals surface area contributed by atoms with Crippen molar-refractivity contribution in [3.63, 3.8) is 0 Å². The minimum atomic E-state index is -3.90. The first kappa shape index (κ1) is 51.6. The predicted octanol–water partition coefficient (Wildman–Crippen LogP) is 11.8. The van der Waals surface area contributed by atoms with Crippen LogP contribution in [-0.2, 0) is 29.4 Å². The standard InChI is InChI=1S/C23H25BN2O4S.C22H17ClN4O2S.C5H4BrClN2/c1-15-13-20-18(14-19(15)25-7)21(24-29-22(3,4)23(5,6)30-24)16(2)26(20)31(27,28)17-11-9-8-10-12-17;1-13-9-20-16(10-19(13)25-3)21(17-11-26-12-18(24)22(17)23)14(2)27(20)30(28,29)15-7-5-4-6-8-15;6-3-1-9-2-4(8)5(3)7/h8-14H,1-6H3;4-12H,24H2,1-2H3;1-2H,8H2. The van der Waals surface area contributed by atoms with E-state index in [0.717, 1.165) is 4.47 Å². The molecule has 0 radical (unpaired) electrons. The minimum Gasteiger partial charge on any atom is -0.399 e. The molecule has 1 aliphatic rings. The highest BCUT2D eigenvalue weighted by atomic mass is 79.9. The van der Waals surface area contributed by atoms with Crippen molar-refractivity contribution in [2.75, 3.05) is 11.5 Å². The molecule has 9 rings (SSSR count). The van der Waals surface area contributed by atoms with Gasteiger partial charge in [0.15, 0.2) is 11.4 Å². The topological polar surface area (TPSA) is 183 Å². The fourth-order valence-electron chi connectivity index (χ4n) is 8.00. The van der Waals surface area contributed by atoms with Crippen molar-refractivity contribution in [2.45, 2.75) is 76.4 Å². The van der Waals surface area contributed by atoms with Crippen molar-refractivity contribution >= 4 is 116 Å². The Kier molecular flexibility index (Phi) is 14.4. The number of nitrogens with two attached hydrogens (primary N) is 2. The van der Waals surface area contributed by atoms with Gasteiger partial charge < -0.3 is 20.8 Å². The summed E-state index contributed by atoms with van der Waals surface area (Å²) in [7, 11) is -8.52. The van der Waals surface area contributed by atoms with Crippen LogP contribution in [0.25, 0.3) is 42.6 Å². The molecule has 0 unspecified atom stereocenters. The van der Waals surface area contributed by atoms with Gasteiger partial charge in [0, 0.05) is 40.4 Å². The molecule has 1 fully saturated rings. The molecule has 0 amide bonds. The van der Waals surface area contributed by atoms with E-state index in [0.29, 0.717) is 83.0 Å². The molecule has 8 aromatic rings. The smallest absolute Gasteiger partial charge is 0.399 e. The molecule has 4 aromatic carbocycles. The summed E-state index contributed by atoms with van der Waals surface area (Å²) in [5, 5.41) is 2.05. The van der Waals surface area contributed by atoms with E-state index in [1.165, 1.54) is 20.3 Å². The Hall–Kier alpha value is -6.22. The molecule has 4 N–H and O–H groups in total. The number of nitrogens with zero attached hydrogens (tertiary/aromatic N) is 6. The first-order chi connectivity index (χ1) is 32.9. The van der Waals surface area contributed by atoms with Gasteiger partial charge in [0.1, 0.15) is 0 Å². The number of hydrogen-bond donors (Lipinski definition) is 2. The van der Waals surface area contributed by atoms with E-state index >= 15 is 0 Å². The highest BCUT2D eigenvalue weighted by Gasteiger charge is 2.53. The second kappa shape index (κ2) is 19.5. The molecule has 0 atom stereocenters. The average molecular weight is 1080 g/mol. The van der Waals surface area contributed by atoms with Gasteiger partial charge >= 0.3 is 7.12 Å². The number of hydrogen-bond acceptors (Lipinski definition) is 10. The lowest BCUT2D eigenvalue weighted by atomic mass is 9.77. The van der Waals surface area contributed by atoms with Crippen molar-refractivity contribution in [3.8, 4) is 11.1 Å². The van der Waals surface area contributed by atoms with E-state index in [1.54, 1.807) is 118 Å². The number of rotatable bonds is 6.